The van der Waals surface area contributed by atoms with Gasteiger partial charge in [-0.2, -0.15) is 0 Å². The summed E-state index contributed by atoms with van der Waals surface area (Å²) in [7, 11) is 0. The fourth-order valence-corrected chi connectivity index (χ4v) is 1.71. The van der Waals surface area contributed by atoms with E-state index in [-0.39, 0.29) is 5.91 Å². The van der Waals surface area contributed by atoms with Crippen molar-refractivity contribution in [2.75, 3.05) is 11.1 Å². The zero-order chi connectivity index (χ0) is 11.5. The van der Waals surface area contributed by atoms with Crippen LogP contribution in [0.3, 0.4) is 0 Å². The zero-order valence-electron chi connectivity index (χ0n) is 8.47. The van der Waals surface area contributed by atoms with Crippen molar-refractivity contribution in [3.05, 3.63) is 29.0 Å². The van der Waals surface area contributed by atoms with E-state index in [2.05, 4.69) is 20.5 Å². The maximum absolute atomic E-state index is 11.8. The molecule has 0 saturated carbocycles. The van der Waals surface area contributed by atoms with E-state index in [0.29, 0.717) is 16.4 Å². The second kappa shape index (κ2) is 4.23. The van der Waals surface area contributed by atoms with Gasteiger partial charge in [0.05, 0.1) is 17.4 Å². The number of rotatable bonds is 2. The predicted molar refractivity (Wildman–Crippen MR) is 61.2 cm³/mol. The Morgan fingerprint density at radius 1 is 1.50 bits per heavy atom. The Kier molecular flexibility index (Phi) is 2.78. The summed E-state index contributed by atoms with van der Waals surface area (Å²) in [5, 5.41) is 11.5. The van der Waals surface area contributed by atoms with Crippen molar-refractivity contribution >= 4 is 28.1 Å². The Balaban J connectivity index is 2.18. The van der Waals surface area contributed by atoms with Crippen molar-refractivity contribution in [1.82, 2.24) is 15.2 Å². The van der Waals surface area contributed by atoms with Crippen LogP contribution in [-0.4, -0.2) is 21.1 Å². The van der Waals surface area contributed by atoms with Crippen LogP contribution in [0, 0.1) is 6.92 Å². The molecule has 2 aromatic rings. The number of anilines is 2. The molecular weight excluding hydrogens is 226 g/mol. The molecule has 0 fully saturated rings. The van der Waals surface area contributed by atoms with Gasteiger partial charge in [0.25, 0.3) is 5.91 Å². The lowest BCUT2D eigenvalue weighted by Crippen LogP contribution is -2.14. The highest BCUT2D eigenvalue weighted by Crippen LogP contribution is 2.16. The van der Waals surface area contributed by atoms with Crippen LogP contribution in [0.4, 0.5) is 10.8 Å². The monoisotopic (exact) mass is 235 g/mol. The van der Waals surface area contributed by atoms with E-state index in [0.717, 1.165) is 5.01 Å². The number of aromatic nitrogens is 3. The summed E-state index contributed by atoms with van der Waals surface area (Å²) in [6.07, 6.45) is 2.94. The minimum absolute atomic E-state index is 0.309. The van der Waals surface area contributed by atoms with Crippen molar-refractivity contribution < 1.29 is 4.79 Å². The Labute approximate surface area is 95.5 Å². The number of nitrogens with zero attached hydrogens (tertiary/aromatic N) is 3. The van der Waals surface area contributed by atoms with Gasteiger partial charge in [0.1, 0.15) is 5.01 Å². The zero-order valence-corrected chi connectivity index (χ0v) is 9.28. The Bertz CT molecular complexity index is 524. The molecule has 0 unspecified atom stereocenters. The topological polar surface area (TPSA) is 93.8 Å². The maximum atomic E-state index is 11.8. The van der Waals surface area contributed by atoms with Crippen molar-refractivity contribution in [3.63, 3.8) is 0 Å². The number of hydrogen-bond donors (Lipinski definition) is 2. The molecule has 0 aliphatic carbocycles. The molecule has 0 spiro atoms. The number of nitrogens with one attached hydrogen (secondary N) is 1. The molecule has 2 heterocycles. The van der Waals surface area contributed by atoms with Crippen molar-refractivity contribution in [3.8, 4) is 0 Å². The molecule has 7 heteroatoms. The molecule has 1 amide bonds. The van der Waals surface area contributed by atoms with E-state index < -0.39 is 0 Å². The summed E-state index contributed by atoms with van der Waals surface area (Å²) in [6.45, 7) is 1.81. The highest BCUT2D eigenvalue weighted by molar-refractivity contribution is 7.15. The molecule has 0 aromatic carbocycles. The number of nitrogen functional groups attached to an aromatic ring is 1. The van der Waals surface area contributed by atoms with Crippen LogP contribution < -0.4 is 11.1 Å². The van der Waals surface area contributed by atoms with Crippen molar-refractivity contribution in [1.29, 1.82) is 0 Å². The van der Waals surface area contributed by atoms with Gasteiger partial charge >= 0.3 is 0 Å². The standard InChI is InChI=1S/C9H9N5OS/c1-5-13-14-9(16-5)12-8(15)6-2-3-11-4-7(6)10/h2-4H,10H2,1H3,(H,12,14,15). The average molecular weight is 235 g/mol. The normalized spacial score (nSPS) is 10.1. The Hall–Kier alpha value is -2.02. The number of carbonyl (C=O) groups excluding carboxylic acids is 1. The molecule has 0 saturated heterocycles. The SMILES string of the molecule is Cc1nnc(NC(=O)c2ccncc2N)s1. The summed E-state index contributed by atoms with van der Waals surface area (Å²) >= 11 is 1.31. The summed E-state index contributed by atoms with van der Waals surface area (Å²) < 4.78 is 0. The van der Waals surface area contributed by atoms with E-state index in [1.807, 2.05) is 6.92 Å². The molecule has 82 valence electrons. The number of amides is 1. The molecule has 0 aliphatic rings. The van der Waals surface area contributed by atoms with Crippen LogP contribution in [-0.2, 0) is 0 Å². The third-order valence-electron chi connectivity index (χ3n) is 1.84. The number of pyridine rings is 1. The van der Waals surface area contributed by atoms with E-state index in [9.17, 15) is 4.79 Å². The fourth-order valence-electron chi connectivity index (χ4n) is 1.12. The maximum Gasteiger partial charge on any atom is 0.259 e. The van der Waals surface area contributed by atoms with Gasteiger partial charge in [0, 0.05) is 6.20 Å². The van der Waals surface area contributed by atoms with Crippen LogP contribution in [0.25, 0.3) is 0 Å². The molecule has 0 aliphatic heterocycles. The second-order valence-electron chi connectivity index (χ2n) is 3.04. The largest absolute Gasteiger partial charge is 0.397 e. The predicted octanol–water partition coefficient (Wildman–Crippen LogP) is 1.08. The Morgan fingerprint density at radius 2 is 2.31 bits per heavy atom. The first-order valence-corrected chi connectivity index (χ1v) is 5.29. The van der Waals surface area contributed by atoms with Crippen LogP contribution in [0.1, 0.15) is 15.4 Å². The minimum Gasteiger partial charge on any atom is -0.397 e. The quantitative estimate of drug-likeness (QED) is 0.812. The Morgan fingerprint density at radius 3 is 2.94 bits per heavy atom. The van der Waals surface area contributed by atoms with Gasteiger partial charge < -0.3 is 5.73 Å². The summed E-state index contributed by atoms with van der Waals surface area (Å²) in [4.78, 5) is 15.6. The first-order valence-electron chi connectivity index (χ1n) is 4.48. The smallest absolute Gasteiger partial charge is 0.259 e. The van der Waals surface area contributed by atoms with Gasteiger partial charge in [-0.15, -0.1) is 10.2 Å². The van der Waals surface area contributed by atoms with E-state index in [1.54, 1.807) is 6.07 Å². The lowest BCUT2D eigenvalue weighted by Gasteiger charge is -2.03. The molecule has 0 bridgehead atoms. The molecule has 3 N–H and O–H groups in total. The van der Waals surface area contributed by atoms with Gasteiger partial charge in [-0.25, -0.2) is 0 Å². The molecule has 6 nitrogen and oxygen atoms in total. The fraction of sp³-hybridized carbons (Fsp3) is 0.111. The molecule has 16 heavy (non-hydrogen) atoms. The van der Waals surface area contributed by atoms with E-state index in [4.69, 9.17) is 5.73 Å². The van der Waals surface area contributed by atoms with Gasteiger partial charge in [-0.3, -0.25) is 15.1 Å². The van der Waals surface area contributed by atoms with Gasteiger partial charge in [-0.1, -0.05) is 11.3 Å². The molecule has 2 rings (SSSR count). The van der Waals surface area contributed by atoms with E-state index >= 15 is 0 Å². The average Bonchev–Trinajstić information content (AvgIpc) is 2.64. The number of nitrogens with two attached hydrogens (primary N) is 1. The van der Waals surface area contributed by atoms with Crippen molar-refractivity contribution in [2.24, 2.45) is 0 Å². The van der Waals surface area contributed by atoms with Crippen LogP contribution in [0.2, 0.25) is 0 Å². The highest BCUT2D eigenvalue weighted by Gasteiger charge is 2.11. The highest BCUT2D eigenvalue weighted by atomic mass is 32.1. The summed E-state index contributed by atoms with van der Waals surface area (Å²) in [5.41, 5.74) is 6.34. The minimum atomic E-state index is -0.309. The lowest BCUT2D eigenvalue weighted by atomic mass is 10.2. The molecule has 2 aromatic heterocycles. The van der Waals surface area contributed by atoms with Crippen molar-refractivity contribution in [2.45, 2.75) is 6.92 Å². The first kappa shape index (κ1) is 10.5. The summed E-state index contributed by atoms with van der Waals surface area (Å²) in [5.74, 6) is -0.309. The van der Waals surface area contributed by atoms with Gasteiger partial charge in [0.15, 0.2) is 0 Å². The molecule has 0 radical (unpaired) electrons. The third kappa shape index (κ3) is 2.14. The summed E-state index contributed by atoms with van der Waals surface area (Å²) in [6, 6.07) is 1.55. The van der Waals surface area contributed by atoms with Crippen LogP contribution in [0.15, 0.2) is 18.5 Å². The second-order valence-corrected chi connectivity index (χ2v) is 4.22. The number of hydrogen-bond acceptors (Lipinski definition) is 6. The number of aryl methyl sites for hydroxylation is 1. The van der Waals surface area contributed by atoms with E-state index in [1.165, 1.54) is 23.7 Å². The van der Waals surface area contributed by atoms with Crippen LogP contribution in [0.5, 0.6) is 0 Å². The molecular formula is C9H9N5OS. The van der Waals surface area contributed by atoms with Crippen LogP contribution >= 0.6 is 11.3 Å². The number of carbonyl (C=O) groups is 1. The lowest BCUT2D eigenvalue weighted by molar-refractivity contribution is 0.102. The van der Waals surface area contributed by atoms with Gasteiger partial charge in [-0.05, 0) is 13.0 Å². The van der Waals surface area contributed by atoms with Gasteiger partial charge in [0.2, 0.25) is 5.13 Å². The molecule has 0 atom stereocenters. The first-order chi connectivity index (χ1) is 7.66. The third-order valence-corrected chi connectivity index (χ3v) is 2.60.